The van der Waals surface area contributed by atoms with E-state index in [2.05, 4.69) is 41.5 Å². The lowest BCUT2D eigenvalue weighted by Gasteiger charge is -2.43. The summed E-state index contributed by atoms with van der Waals surface area (Å²) >= 11 is 0. The average molecular weight is 631 g/mol. The van der Waals surface area contributed by atoms with Gasteiger partial charge in [-0.2, -0.15) is 0 Å². The minimum Gasteiger partial charge on any atom is -0.396 e. The van der Waals surface area contributed by atoms with Crippen molar-refractivity contribution in [1.29, 1.82) is 0 Å². The number of likely N-dealkylation sites (tertiary alicyclic amines) is 1. The van der Waals surface area contributed by atoms with Crippen LogP contribution < -0.4 is 15.5 Å². The lowest BCUT2D eigenvalue weighted by molar-refractivity contribution is -0.128. The number of carbonyl (C=O) groups excluding carboxylic acids is 1. The maximum Gasteiger partial charge on any atom is 0.229 e. The number of piperidine rings is 1. The van der Waals surface area contributed by atoms with Gasteiger partial charge in [-0.15, -0.1) is 0 Å². The molecule has 0 aromatic heterocycles. The number of benzene rings is 3. The lowest BCUT2D eigenvalue weighted by atomic mass is 9.83. The van der Waals surface area contributed by atoms with E-state index in [0.29, 0.717) is 36.9 Å². The van der Waals surface area contributed by atoms with Gasteiger partial charge in [0, 0.05) is 61.0 Å². The Balaban J connectivity index is 1.47. The third-order valence-electron chi connectivity index (χ3n) is 9.83. The summed E-state index contributed by atoms with van der Waals surface area (Å²) in [7, 11) is 0. The molecule has 8 heteroatoms. The highest BCUT2D eigenvalue weighted by Crippen LogP contribution is 2.43. The molecule has 2 heterocycles. The van der Waals surface area contributed by atoms with E-state index in [1.807, 2.05) is 48.2 Å². The first kappa shape index (κ1) is 33.9. The number of hydrogen-bond acceptors (Lipinski definition) is 6. The standard InChI is InChI=1S/C38H51FN4O3/c1-5-9-29(19-23-44)40-30-17-14-28(15-18-30)36-32(10-8-22-43(36)38(46)34-26(3)11-12-27(4)35(34)39)37(45)41-31-16-13-25(2)33(24-31)42-20-6-7-21-42/h11-18,24,29,32,36,38,40,44,46H,5-10,19-23H2,1-4H3,(H,41,45)/t29?,32-,36-,38?/m0/s1. The molecule has 4 N–H and O–H groups in total. The van der Waals surface area contributed by atoms with Crippen LogP contribution in [-0.2, 0) is 4.79 Å². The summed E-state index contributed by atoms with van der Waals surface area (Å²) in [6.45, 7) is 10.5. The highest BCUT2D eigenvalue weighted by atomic mass is 19.1. The average Bonchev–Trinajstić information content (AvgIpc) is 3.59. The van der Waals surface area contributed by atoms with Crippen molar-refractivity contribution in [1.82, 2.24) is 4.90 Å². The summed E-state index contributed by atoms with van der Waals surface area (Å²) in [5, 5.41) is 28.1. The largest absolute Gasteiger partial charge is 0.396 e. The van der Waals surface area contributed by atoms with Gasteiger partial charge in [0.05, 0.1) is 5.92 Å². The van der Waals surface area contributed by atoms with Crippen LogP contribution in [0.15, 0.2) is 54.6 Å². The molecular formula is C38H51FN4O3. The molecule has 7 nitrogen and oxygen atoms in total. The summed E-state index contributed by atoms with van der Waals surface area (Å²) in [6, 6.07) is 17.4. The highest BCUT2D eigenvalue weighted by molar-refractivity contribution is 5.94. The van der Waals surface area contributed by atoms with Gasteiger partial charge in [-0.05, 0) is 106 Å². The quantitative estimate of drug-likeness (QED) is 0.167. The van der Waals surface area contributed by atoms with Crippen molar-refractivity contribution in [2.75, 3.05) is 41.8 Å². The normalized spacial score (nSPS) is 20.0. The second kappa shape index (κ2) is 15.4. The lowest BCUT2D eigenvalue weighted by Crippen LogP contribution is -2.45. The summed E-state index contributed by atoms with van der Waals surface area (Å²) in [6.07, 6.45) is 5.11. The van der Waals surface area contributed by atoms with E-state index in [9.17, 15) is 15.0 Å². The Morgan fingerprint density at radius 3 is 2.28 bits per heavy atom. The fourth-order valence-electron chi connectivity index (χ4n) is 7.30. The van der Waals surface area contributed by atoms with Gasteiger partial charge in [-0.1, -0.05) is 43.7 Å². The Morgan fingerprint density at radius 1 is 0.913 bits per heavy atom. The van der Waals surface area contributed by atoms with Crippen molar-refractivity contribution in [3.8, 4) is 0 Å². The van der Waals surface area contributed by atoms with Crippen molar-refractivity contribution in [3.63, 3.8) is 0 Å². The van der Waals surface area contributed by atoms with Crippen LogP contribution in [0.5, 0.6) is 0 Å². The highest BCUT2D eigenvalue weighted by Gasteiger charge is 2.41. The molecule has 3 aromatic carbocycles. The zero-order chi connectivity index (χ0) is 32.8. The molecule has 2 saturated heterocycles. The molecule has 5 rings (SSSR count). The maximum atomic E-state index is 15.5. The Bertz CT molecular complexity index is 1470. The topological polar surface area (TPSA) is 88.1 Å². The molecule has 3 aromatic rings. The third kappa shape index (κ3) is 7.56. The van der Waals surface area contributed by atoms with Crippen LogP contribution in [-0.4, -0.2) is 53.3 Å². The van der Waals surface area contributed by atoms with Crippen LogP contribution in [0.1, 0.15) is 92.0 Å². The van der Waals surface area contributed by atoms with Gasteiger partial charge in [0.1, 0.15) is 12.0 Å². The van der Waals surface area contributed by atoms with E-state index in [1.54, 1.807) is 13.0 Å². The van der Waals surface area contributed by atoms with Crippen LogP contribution in [0, 0.1) is 32.5 Å². The number of amides is 1. The first-order valence-electron chi connectivity index (χ1n) is 17.0. The minimum atomic E-state index is -1.21. The van der Waals surface area contributed by atoms with Crippen molar-refractivity contribution in [3.05, 3.63) is 88.2 Å². The number of rotatable bonds is 12. The Kier molecular flexibility index (Phi) is 11.4. The fraction of sp³-hybridized carbons (Fsp3) is 0.500. The van der Waals surface area contributed by atoms with Crippen LogP contribution in [0.3, 0.4) is 0 Å². The molecule has 0 aliphatic carbocycles. The Labute approximate surface area is 273 Å². The van der Waals surface area contributed by atoms with E-state index in [4.69, 9.17) is 0 Å². The predicted octanol–water partition coefficient (Wildman–Crippen LogP) is 7.40. The number of halogens is 1. The summed E-state index contributed by atoms with van der Waals surface area (Å²) in [5.41, 5.74) is 6.37. The zero-order valence-electron chi connectivity index (χ0n) is 27.9. The molecule has 1 amide bonds. The van der Waals surface area contributed by atoms with Crippen LogP contribution in [0.25, 0.3) is 0 Å². The van der Waals surface area contributed by atoms with E-state index in [0.717, 1.165) is 48.6 Å². The van der Waals surface area contributed by atoms with Gasteiger partial charge >= 0.3 is 0 Å². The second-order valence-corrected chi connectivity index (χ2v) is 13.2. The molecule has 46 heavy (non-hydrogen) atoms. The smallest absolute Gasteiger partial charge is 0.229 e. The van der Waals surface area contributed by atoms with Gasteiger partial charge in [0.15, 0.2) is 0 Å². The van der Waals surface area contributed by atoms with Crippen LogP contribution >= 0.6 is 0 Å². The fourth-order valence-corrected chi connectivity index (χ4v) is 7.30. The van der Waals surface area contributed by atoms with Gasteiger partial charge in [0.25, 0.3) is 0 Å². The van der Waals surface area contributed by atoms with E-state index >= 15 is 4.39 Å². The first-order valence-corrected chi connectivity index (χ1v) is 17.0. The first-order chi connectivity index (χ1) is 22.2. The van der Waals surface area contributed by atoms with Crippen molar-refractivity contribution in [2.45, 2.75) is 91.0 Å². The number of aliphatic hydroxyl groups is 2. The molecule has 2 fully saturated rings. The number of aliphatic hydroxyl groups excluding tert-OH is 2. The summed E-state index contributed by atoms with van der Waals surface area (Å²) in [5.74, 6) is -0.973. The predicted molar refractivity (Wildman–Crippen MR) is 185 cm³/mol. The summed E-state index contributed by atoms with van der Waals surface area (Å²) in [4.78, 5) is 18.5. The van der Waals surface area contributed by atoms with Gasteiger partial charge < -0.3 is 25.7 Å². The van der Waals surface area contributed by atoms with Crippen molar-refractivity contribution in [2.24, 2.45) is 5.92 Å². The van der Waals surface area contributed by atoms with E-state index < -0.39 is 24.0 Å². The number of anilines is 3. The molecule has 2 aliphatic heterocycles. The van der Waals surface area contributed by atoms with Crippen LogP contribution in [0.2, 0.25) is 0 Å². The molecule has 4 atom stereocenters. The second-order valence-electron chi connectivity index (χ2n) is 13.2. The molecule has 248 valence electrons. The number of aryl methyl sites for hydroxylation is 3. The van der Waals surface area contributed by atoms with Gasteiger partial charge in [0.2, 0.25) is 5.91 Å². The molecule has 2 aliphatic rings. The van der Waals surface area contributed by atoms with Crippen LogP contribution in [0.4, 0.5) is 21.5 Å². The SMILES string of the molecule is CCCC(CCO)Nc1ccc([C@H]2[C@@H](C(=O)Nc3ccc(C)c(N4CCCC4)c3)CCCN2C(O)c2c(C)ccc(C)c2F)cc1. The number of nitrogens with one attached hydrogen (secondary N) is 2. The minimum absolute atomic E-state index is 0.104. The zero-order valence-corrected chi connectivity index (χ0v) is 27.9. The van der Waals surface area contributed by atoms with Gasteiger partial charge in [-0.25, -0.2) is 4.39 Å². The molecule has 0 spiro atoms. The Hall–Kier alpha value is -3.46. The molecule has 2 unspecified atom stereocenters. The third-order valence-corrected chi connectivity index (χ3v) is 9.83. The molecule has 0 saturated carbocycles. The Morgan fingerprint density at radius 2 is 1.59 bits per heavy atom. The van der Waals surface area contributed by atoms with Gasteiger partial charge in [-0.3, -0.25) is 9.69 Å². The van der Waals surface area contributed by atoms with E-state index in [1.165, 1.54) is 18.4 Å². The molecular weight excluding hydrogens is 579 g/mol. The number of hydrogen-bond donors (Lipinski definition) is 4. The van der Waals surface area contributed by atoms with Crippen molar-refractivity contribution < 1.29 is 19.4 Å². The number of nitrogens with zero attached hydrogens (tertiary/aromatic N) is 2. The summed E-state index contributed by atoms with van der Waals surface area (Å²) < 4.78 is 15.5. The monoisotopic (exact) mass is 630 g/mol. The maximum absolute atomic E-state index is 15.5. The molecule has 0 bridgehead atoms. The number of carbonyl (C=O) groups is 1. The van der Waals surface area contributed by atoms with E-state index in [-0.39, 0.29) is 24.1 Å². The van der Waals surface area contributed by atoms with Crippen molar-refractivity contribution >= 4 is 23.0 Å². The molecule has 0 radical (unpaired) electrons.